The van der Waals surface area contributed by atoms with Crippen LogP contribution in [0.15, 0.2) is 29.6 Å². The number of aryl methyl sites for hydroxylation is 1. The summed E-state index contributed by atoms with van der Waals surface area (Å²) in [7, 11) is 0. The Morgan fingerprint density at radius 3 is 2.59 bits per heavy atom. The van der Waals surface area contributed by atoms with Gasteiger partial charge in [0.25, 0.3) is 0 Å². The molecule has 0 amide bonds. The molecule has 0 saturated heterocycles. The van der Waals surface area contributed by atoms with Gasteiger partial charge in [-0.1, -0.05) is 12.1 Å². The third kappa shape index (κ3) is 4.04. The predicted octanol–water partition coefficient (Wildman–Crippen LogP) is 3.20. The number of aliphatic hydroxyl groups is 1. The summed E-state index contributed by atoms with van der Waals surface area (Å²) < 4.78 is 1.22. The molecular weight excluding hydrogens is 345 g/mol. The molecule has 4 heteroatoms. The first kappa shape index (κ1) is 13.0. The first-order valence-electron chi connectivity index (χ1n) is 5.47. The number of aromatic nitrogens is 1. The number of benzene rings is 1. The maximum Gasteiger partial charge on any atom is 0.0897 e. The number of halogens is 1. The van der Waals surface area contributed by atoms with E-state index in [4.69, 9.17) is 0 Å². The van der Waals surface area contributed by atoms with Gasteiger partial charge in [0.1, 0.15) is 0 Å². The van der Waals surface area contributed by atoms with Gasteiger partial charge in [-0.15, -0.1) is 11.3 Å². The molecule has 1 aromatic carbocycles. The van der Waals surface area contributed by atoms with E-state index in [0.29, 0.717) is 12.8 Å². The number of hydrogen-bond donors (Lipinski definition) is 1. The lowest BCUT2D eigenvalue weighted by atomic mass is 10.0. The third-order valence-electron chi connectivity index (χ3n) is 2.50. The number of aliphatic hydroxyl groups excluding tert-OH is 1. The molecule has 0 saturated carbocycles. The molecule has 2 aromatic rings. The van der Waals surface area contributed by atoms with Gasteiger partial charge < -0.3 is 5.11 Å². The van der Waals surface area contributed by atoms with E-state index in [9.17, 15) is 5.11 Å². The fourth-order valence-corrected chi connectivity index (χ4v) is 2.69. The summed E-state index contributed by atoms with van der Waals surface area (Å²) in [5, 5.41) is 13.1. The third-order valence-corrected chi connectivity index (χ3v) is 4.04. The molecule has 0 bridgehead atoms. The van der Waals surface area contributed by atoms with Crippen molar-refractivity contribution in [1.82, 2.24) is 4.98 Å². The van der Waals surface area contributed by atoms with E-state index in [1.54, 1.807) is 11.3 Å². The molecule has 2 nitrogen and oxygen atoms in total. The molecule has 0 radical (unpaired) electrons. The molecule has 0 fully saturated rings. The lowest BCUT2D eigenvalue weighted by molar-refractivity contribution is 0.174. The van der Waals surface area contributed by atoms with E-state index in [-0.39, 0.29) is 6.10 Å². The Morgan fingerprint density at radius 2 is 2.00 bits per heavy atom. The van der Waals surface area contributed by atoms with Crippen molar-refractivity contribution in [1.29, 1.82) is 0 Å². The van der Waals surface area contributed by atoms with Gasteiger partial charge in [-0.25, -0.2) is 4.98 Å². The molecule has 1 unspecified atom stereocenters. The molecular formula is C13H14INOS. The first-order valence-corrected chi connectivity index (χ1v) is 7.43. The predicted molar refractivity (Wildman–Crippen MR) is 79.4 cm³/mol. The van der Waals surface area contributed by atoms with Crippen molar-refractivity contribution in [2.24, 2.45) is 0 Å². The zero-order chi connectivity index (χ0) is 12.3. The van der Waals surface area contributed by atoms with Crippen LogP contribution in [0.25, 0.3) is 0 Å². The second-order valence-electron chi connectivity index (χ2n) is 4.05. The highest BCUT2D eigenvalue weighted by Gasteiger charge is 2.09. The van der Waals surface area contributed by atoms with Gasteiger partial charge in [0.15, 0.2) is 0 Å². The van der Waals surface area contributed by atoms with Crippen molar-refractivity contribution in [3.63, 3.8) is 0 Å². The minimum absolute atomic E-state index is 0.350. The Balaban J connectivity index is 1.93. The standard InChI is InChI=1S/C13H14INOS/c1-9-15-12(8-17-9)7-13(16)6-10-2-4-11(14)5-3-10/h2-5,8,13,16H,6-7H2,1H3. The van der Waals surface area contributed by atoms with Gasteiger partial charge in [-0.2, -0.15) is 0 Å². The van der Waals surface area contributed by atoms with Crippen molar-refractivity contribution in [2.75, 3.05) is 0 Å². The van der Waals surface area contributed by atoms with Gasteiger partial charge in [0.2, 0.25) is 0 Å². The zero-order valence-electron chi connectivity index (χ0n) is 9.56. The lowest BCUT2D eigenvalue weighted by Gasteiger charge is -2.09. The minimum atomic E-state index is -0.350. The van der Waals surface area contributed by atoms with Crippen LogP contribution in [0.1, 0.15) is 16.3 Å². The Labute approximate surface area is 119 Å². The van der Waals surface area contributed by atoms with Gasteiger partial charge >= 0.3 is 0 Å². The summed E-state index contributed by atoms with van der Waals surface area (Å²) in [5.74, 6) is 0. The van der Waals surface area contributed by atoms with Crippen LogP contribution in [0.4, 0.5) is 0 Å². The van der Waals surface area contributed by atoms with Gasteiger partial charge in [-0.05, 0) is 53.6 Å². The van der Waals surface area contributed by atoms with Gasteiger partial charge in [0, 0.05) is 15.4 Å². The van der Waals surface area contributed by atoms with Gasteiger partial charge in [0.05, 0.1) is 16.8 Å². The van der Waals surface area contributed by atoms with E-state index < -0.39 is 0 Å². The normalized spacial score (nSPS) is 12.6. The summed E-state index contributed by atoms with van der Waals surface area (Å²) in [6, 6.07) is 8.26. The van der Waals surface area contributed by atoms with Crippen molar-refractivity contribution >= 4 is 33.9 Å². The number of thiazole rings is 1. The summed E-state index contributed by atoms with van der Waals surface area (Å²) in [6.45, 7) is 1.99. The zero-order valence-corrected chi connectivity index (χ0v) is 12.5. The average molecular weight is 359 g/mol. The molecule has 1 N–H and O–H groups in total. The lowest BCUT2D eigenvalue weighted by Crippen LogP contribution is -2.14. The largest absolute Gasteiger partial charge is 0.392 e. The van der Waals surface area contributed by atoms with Crippen LogP contribution in [0.2, 0.25) is 0 Å². The maximum atomic E-state index is 10.00. The SMILES string of the molecule is Cc1nc(CC(O)Cc2ccc(I)cc2)cs1. The molecule has 0 aliphatic rings. The summed E-state index contributed by atoms with van der Waals surface area (Å²) >= 11 is 3.91. The van der Waals surface area contributed by atoms with Crippen LogP contribution in [0.5, 0.6) is 0 Å². The smallest absolute Gasteiger partial charge is 0.0897 e. The number of nitrogens with zero attached hydrogens (tertiary/aromatic N) is 1. The molecule has 0 spiro atoms. The second kappa shape index (κ2) is 5.93. The highest BCUT2D eigenvalue weighted by molar-refractivity contribution is 14.1. The summed E-state index contributed by atoms with van der Waals surface area (Å²) in [5.41, 5.74) is 2.16. The molecule has 0 aliphatic carbocycles. The molecule has 1 atom stereocenters. The van der Waals surface area contributed by atoms with Crippen LogP contribution in [0.3, 0.4) is 0 Å². The van der Waals surface area contributed by atoms with Crippen LogP contribution in [-0.4, -0.2) is 16.2 Å². The van der Waals surface area contributed by atoms with Crippen molar-refractivity contribution in [3.8, 4) is 0 Å². The molecule has 17 heavy (non-hydrogen) atoms. The molecule has 0 aliphatic heterocycles. The highest BCUT2D eigenvalue weighted by atomic mass is 127. The fraction of sp³-hybridized carbons (Fsp3) is 0.308. The second-order valence-corrected chi connectivity index (χ2v) is 6.35. The molecule has 1 aromatic heterocycles. The average Bonchev–Trinajstić information content (AvgIpc) is 2.67. The monoisotopic (exact) mass is 359 g/mol. The minimum Gasteiger partial charge on any atom is -0.392 e. The van der Waals surface area contributed by atoms with E-state index in [2.05, 4.69) is 51.8 Å². The van der Waals surface area contributed by atoms with Gasteiger partial charge in [-0.3, -0.25) is 0 Å². The van der Waals surface area contributed by atoms with Crippen molar-refractivity contribution in [3.05, 3.63) is 49.5 Å². The molecule has 2 rings (SSSR count). The van der Waals surface area contributed by atoms with Crippen LogP contribution in [0, 0.1) is 10.5 Å². The Bertz CT molecular complexity index is 480. The van der Waals surface area contributed by atoms with E-state index in [1.807, 2.05) is 12.3 Å². The van der Waals surface area contributed by atoms with E-state index in [0.717, 1.165) is 10.7 Å². The summed E-state index contributed by atoms with van der Waals surface area (Å²) in [6.07, 6.45) is 0.973. The molecule has 90 valence electrons. The van der Waals surface area contributed by atoms with Crippen LogP contribution in [-0.2, 0) is 12.8 Å². The van der Waals surface area contributed by atoms with E-state index in [1.165, 1.54) is 9.13 Å². The Hall–Kier alpha value is -0.460. The van der Waals surface area contributed by atoms with E-state index >= 15 is 0 Å². The topological polar surface area (TPSA) is 33.1 Å². The maximum absolute atomic E-state index is 10.00. The number of hydrogen-bond acceptors (Lipinski definition) is 3. The van der Waals surface area contributed by atoms with Crippen molar-refractivity contribution in [2.45, 2.75) is 25.9 Å². The quantitative estimate of drug-likeness (QED) is 0.851. The van der Waals surface area contributed by atoms with Crippen LogP contribution >= 0.6 is 33.9 Å². The molecule has 1 heterocycles. The summed E-state index contributed by atoms with van der Waals surface area (Å²) in [4.78, 5) is 4.36. The van der Waals surface area contributed by atoms with Crippen LogP contribution < -0.4 is 0 Å². The highest BCUT2D eigenvalue weighted by Crippen LogP contribution is 2.13. The Kier molecular flexibility index (Phi) is 4.53. The Morgan fingerprint density at radius 1 is 1.29 bits per heavy atom. The fourth-order valence-electron chi connectivity index (χ4n) is 1.71. The van der Waals surface area contributed by atoms with Crippen molar-refractivity contribution < 1.29 is 5.11 Å². The first-order chi connectivity index (χ1) is 8.13. The number of rotatable bonds is 4.